The van der Waals surface area contributed by atoms with Gasteiger partial charge in [0, 0.05) is 10.2 Å². The maximum Gasteiger partial charge on any atom is 0.145 e. The summed E-state index contributed by atoms with van der Waals surface area (Å²) < 4.78 is 0. The lowest BCUT2D eigenvalue weighted by molar-refractivity contribution is -0.118. The van der Waals surface area contributed by atoms with Gasteiger partial charge in [0.05, 0.1) is 6.04 Å². The molecular formula is C5H13NOSi. The van der Waals surface area contributed by atoms with Crippen LogP contribution in [0, 0.1) is 0 Å². The highest BCUT2D eigenvalue weighted by molar-refractivity contribution is 6.21. The van der Waals surface area contributed by atoms with E-state index >= 15 is 0 Å². The third kappa shape index (κ3) is 2.23. The van der Waals surface area contributed by atoms with Crippen LogP contribution in [0.3, 0.4) is 0 Å². The quantitative estimate of drug-likeness (QED) is 0.495. The van der Waals surface area contributed by atoms with Crippen LogP contribution in [0.15, 0.2) is 0 Å². The van der Waals surface area contributed by atoms with Gasteiger partial charge in [-0.3, -0.25) is 4.79 Å². The largest absolute Gasteiger partial charge is 0.311 e. The van der Waals surface area contributed by atoms with Gasteiger partial charge in [-0.1, -0.05) is 0 Å². The van der Waals surface area contributed by atoms with Gasteiger partial charge in [0.25, 0.3) is 0 Å². The zero-order valence-electron chi connectivity index (χ0n) is 5.69. The van der Waals surface area contributed by atoms with Crippen molar-refractivity contribution in [3.63, 3.8) is 0 Å². The Hall–Kier alpha value is -0.153. The Morgan fingerprint density at radius 2 is 2.38 bits per heavy atom. The molecule has 0 unspecified atom stereocenters. The van der Waals surface area contributed by atoms with Crippen LogP contribution in [0.5, 0.6) is 0 Å². The van der Waals surface area contributed by atoms with Crippen LogP contribution in [0.25, 0.3) is 0 Å². The molecule has 0 heterocycles. The Morgan fingerprint density at radius 3 is 2.50 bits per heavy atom. The number of carbonyl (C=O) groups excluding carboxylic acids is 1. The molecule has 0 saturated carbocycles. The van der Waals surface area contributed by atoms with E-state index in [4.69, 9.17) is 0 Å². The fraction of sp³-hybridized carbons (Fsp3) is 0.800. The molecule has 1 N–H and O–H groups in total. The maximum absolute atomic E-state index is 10.7. The van der Waals surface area contributed by atoms with Crippen LogP contribution in [0.4, 0.5) is 0 Å². The van der Waals surface area contributed by atoms with E-state index in [0.717, 1.165) is 16.3 Å². The van der Waals surface area contributed by atoms with Crippen molar-refractivity contribution in [1.82, 2.24) is 5.32 Å². The molecule has 0 rings (SSSR count). The van der Waals surface area contributed by atoms with Gasteiger partial charge in [0.1, 0.15) is 5.78 Å². The summed E-state index contributed by atoms with van der Waals surface area (Å²) in [4.78, 5) is 10.7. The third-order valence-corrected chi connectivity index (χ3v) is 1.96. The van der Waals surface area contributed by atoms with E-state index in [0.29, 0.717) is 5.78 Å². The van der Waals surface area contributed by atoms with Gasteiger partial charge >= 0.3 is 0 Å². The molecule has 0 spiro atoms. The van der Waals surface area contributed by atoms with Crippen molar-refractivity contribution in [2.24, 2.45) is 0 Å². The van der Waals surface area contributed by atoms with Gasteiger partial charge in [-0.25, -0.2) is 0 Å². The van der Waals surface area contributed by atoms with Crippen LogP contribution >= 0.6 is 0 Å². The summed E-state index contributed by atoms with van der Waals surface area (Å²) in [6, 6.07) is 0.828. The fourth-order valence-corrected chi connectivity index (χ4v) is 1.08. The summed E-state index contributed by atoms with van der Waals surface area (Å²) in [6.45, 7) is 1.89. The number of Topliss-reactive ketones (excluding diaryl/α,β-unsaturated/α-hetero) is 1. The molecule has 48 valence electrons. The highest BCUT2D eigenvalue weighted by atomic mass is 28.1. The Morgan fingerprint density at radius 1 is 1.88 bits per heavy atom. The molecule has 1 atom stereocenters. The first-order chi connectivity index (χ1) is 3.72. The lowest BCUT2D eigenvalue weighted by atomic mass is 10.2. The summed E-state index contributed by atoms with van der Waals surface area (Å²) in [5.74, 6) is 0.333. The normalized spacial score (nSPS) is 13.8. The van der Waals surface area contributed by atoms with Gasteiger partial charge in [-0.15, -0.1) is 0 Å². The molecule has 0 bridgehead atoms. The van der Waals surface area contributed by atoms with E-state index in [9.17, 15) is 4.79 Å². The molecule has 0 aliphatic rings. The molecule has 0 saturated heterocycles. The van der Waals surface area contributed by atoms with Gasteiger partial charge < -0.3 is 5.32 Å². The van der Waals surface area contributed by atoms with Crippen molar-refractivity contribution < 1.29 is 4.79 Å². The lowest BCUT2D eigenvalue weighted by Crippen LogP contribution is -2.30. The number of ketones is 1. The molecule has 8 heavy (non-hydrogen) atoms. The molecule has 2 nitrogen and oxygen atoms in total. The molecule has 0 aromatic carbocycles. The van der Waals surface area contributed by atoms with Crippen LogP contribution in [0.2, 0.25) is 6.04 Å². The number of hydrogen-bond donors (Lipinski definition) is 1. The zero-order chi connectivity index (χ0) is 6.57. The summed E-state index contributed by atoms with van der Waals surface area (Å²) in [5.41, 5.74) is 0. The second kappa shape index (κ2) is 3.80. The Bertz CT molecular complexity index is 84.5. The topological polar surface area (TPSA) is 29.1 Å². The first-order valence-corrected chi connectivity index (χ1v) is 4.33. The minimum absolute atomic E-state index is 0.0625. The predicted molar refractivity (Wildman–Crippen MR) is 38.3 cm³/mol. The van der Waals surface area contributed by atoms with Gasteiger partial charge in [0.2, 0.25) is 0 Å². The van der Waals surface area contributed by atoms with E-state index in [1.54, 1.807) is 7.05 Å². The van der Waals surface area contributed by atoms with Crippen molar-refractivity contribution in [3.05, 3.63) is 0 Å². The van der Waals surface area contributed by atoms with Crippen molar-refractivity contribution in [3.8, 4) is 0 Å². The number of carbonyl (C=O) groups is 1. The van der Waals surface area contributed by atoms with Gasteiger partial charge in [-0.05, 0) is 20.0 Å². The van der Waals surface area contributed by atoms with Gasteiger partial charge in [-0.2, -0.15) is 0 Å². The van der Waals surface area contributed by atoms with E-state index < -0.39 is 0 Å². The molecule has 0 radical (unpaired) electrons. The summed E-state index contributed by atoms with van der Waals surface area (Å²) in [5, 5.41) is 2.89. The molecule has 0 fully saturated rings. The second-order valence-corrected chi connectivity index (χ2v) is 2.54. The minimum atomic E-state index is 0.0625. The van der Waals surface area contributed by atoms with Crippen LogP contribution < -0.4 is 5.32 Å². The molecule has 0 amide bonds. The number of likely N-dealkylation sites (N-methyl/N-ethyl adjacent to an activating group) is 1. The molecule has 0 aliphatic carbocycles. The highest BCUT2D eigenvalue weighted by Crippen LogP contribution is 1.85. The van der Waals surface area contributed by atoms with Crippen molar-refractivity contribution in [2.75, 3.05) is 7.05 Å². The van der Waals surface area contributed by atoms with E-state index in [-0.39, 0.29) is 6.04 Å². The lowest BCUT2D eigenvalue weighted by Gasteiger charge is -2.04. The summed E-state index contributed by atoms with van der Waals surface area (Å²) >= 11 is 0. The van der Waals surface area contributed by atoms with Gasteiger partial charge in [0.15, 0.2) is 0 Å². The summed E-state index contributed by atoms with van der Waals surface area (Å²) in [7, 11) is 2.79. The fourth-order valence-electron chi connectivity index (χ4n) is 0.467. The minimum Gasteiger partial charge on any atom is -0.311 e. The standard InChI is InChI=1S/C5H13NOSi/c1-4(6-2)5(7)3-8/h4,6H,3H2,1-2,8H3/t4-/m0/s1. The Balaban J connectivity index is 3.46. The predicted octanol–water partition coefficient (Wildman–Crippen LogP) is -1.05. The third-order valence-electron chi connectivity index (χ3n) is 1.26. The maximum atomic E-state index is 10.7. The van der Waals surface area contributed by atoms with E-state index in [1.165, 1.54) is 0 Å². The van der Waals surface area contributed by atoms with Crippen LogP contribution in [-0.2, 0) is 4.79 Å². The van der Waals surface area contributed by atoms with E-state index in [2.05, 4.69) is 5.32 Å². The molecule has 3 heteroatoms. The second-order valence-electron chi connectivity index (χ2n) is 1.83. The molecule has 0 aliphatic heterocycles. The number of hydrogen-bond acceptors (Lipinski definition) is 2. The smallest absolute Gasteiger partial charge is 0.145 e. The van der Waals surface area contributed by atoms with Crippen LogP contribution in [-0.4, -0.2) is 29.1 Å². The molecular weight excluding hydrogens is 118 g/mol. The SMILES string of the molecule is CN[C@@H](C)C(=O)C[SiH3]. The molecule has 0 aromatic heterocycles. The Kier molecular flexibility index (Phi) is 3.73. The number of rotatable bonds is 3. The summed E-state index contributed by atoms with van der Waals surface area (Å²) in [6.07, 6.45) is 0. The van der Waals surface area contributed by atoms with Crippen LogP contribution in [0.1, 0.15) is 6.92 Å². The molecule has 0 aromatic rings. The van der Waals surface area contributed by atoms with Crippen molar-refractivity contribution in [1.29, 1.82) is 0 Å². The van der Waals surface area contributed by atoms with Crippen molar-refractivity contribution >= 4 is 16.0 Å². The monoisotopic (exact) mass is 131 g/mol. The number of nitrogens with one attached hydrogen (secondary N) is 1. The average Bonchev–Trinajstić information content (AvgIpc) is 1.84. The first kappa shape index (κ1) is 7.85. The highest BCUT2D eigenvalue weighted by Gasteiger charge is 2.04. The Labute approximate surface area is 53.1 Å². The zero-order valence-corrected chi connectivity index (χ0v) is 7.69. The van der Waals surface area contributed by atoms with Crippen molar-refractivity contribution in [2.45, 2.75) is 19.0 Å². The first-order valence-electron chi connectivity index (χ1n) is 2.92. The van der Waals surface area contributed by atoms with E-state index in [1.807, 2.05) is 6.92 Å². The average molecular weight is 131 g/mol.